The molecule has 0 radical (unpaired) electrons. The minimum Gasteiger partial charge on any atom is -0.468 e. The summed E-state index contributed by atoms with van der Waals surface area (Å²) < 4.78 is 37.8. The van der Waals surface area contributed by atoms with E-state index in [9.17, 15) is 18.0 Å². The van der Waals surface area contributed by atoms with Crippen molar-refractivity contribution in [2.24, 2.45) is 0 Å². The largest absolute Gasteiger partial charge is 0.468 e. The van der Waals surface area contributed by atoms with Crippen LogP contribution in [0.2, 0.25) is 0 Å². The number of ether oxygens (including phenoxy) is 2. The number of hydrogen-bond donors (Lipinski definition) is 0. The zero-order chi connectivity index (χ0) is 21.6. The molecule has 2 aromatic rings. The van der Waals surface area contributed by atoms with Crippen LogP contribution in [0.25, 0.3) is 0 Å². The van der Waals surface area contributed by atoms with E-state index in [0.29, 0.717) is 6.42 Å². The van der Waals surface area contributed by atoms with Gasteiger partial charge in [0.1, 0.15) is 6.54 Å². The molecule has 0 spiro atoms. The first-order valence-electron chi connectivity index (χ1n) is 9.09. The Morgan fingerprint density at radius 1 is 1.00 bits per heavy atom. The molecule has 2 rings (SSSR count). The van der Waals surface area contributed by atoms with Gasteiger partial charge < -0.3 is 9.47 Å². The minimum absolute atomic E-state index is 0.0568. The minimum atomic E-state index is -4.14. The zero-order valence-corrected chi connectivity index (χ0v) is 17.7. The van der Waals surface area contributed by atoms with E-state index in [1.807, 2.05) is 37.3 Å². The van der Waals surface area contributed by atoms with E-state index in [1.54, 1.807) is 6.92 Å². The summed E-state index contributed by atoms with van der Waals surface area (Å²) in [5.41, 5.74) is 1.17. The summed E-state index contributed by atoms with van der Waals surface area (Å²) in [4.78, 5) is 24.0. The molecule has 2 aromatic carbocycles. The molecule has 156 valence electrons. The highest BCUT2D eigenvalue weighted by atomic mass is 32.2. The quantitative estimate of drug-likeness (QED) is 0.611. The molecule has 0 heterocycles. The lowest BCUT2D eigenvalue weighted by molar-refractivity contribution is -0.141. The third-order valence-corrected chi connectivity index (χ3v) is 6.71. The molecule has 0 bridgehead atoms. The van der Waals surface area contributed by atoms with Gasteiger partial charge in [-0.3, -0.25) is 4.79 Å². The Balaban J connectivity index is 2.64. The van der Waals surface area contributed by atoms with Crippen LogP contribution >= 0.6 is 0 Å². The normalized spacial score (nSPS) is 12.4. The van der Waals surface area contributed by atoms with E-state index >= 15 is 0 Å². The summed E-state index contributed by atoms with van der Waals surface area (Å²) in [5, 5.41) is 0. The third kappa shape index (κ3) is 4.83. The van der Waals surface area contributed by atoms with Gasteiger partial charge in [0.15, 0.2) is 0 Å². The summed E-state index contributed by atoms with van der Waals surface area (Å²) in [6.07, 6.45) is 0.440. The number of sulfonamides is 1. The van der Waals surface area contributed by atoms with E-state index in [0.717, 1.165) is 9.87 Å². The van der Waals surface area contributed by atoms with Crippen molar-refractivity contribution in [2.75, 3.05) is 20.8 Å². The van der Waals surface area contributed by atoms with Crippen LogP contribution in [0.15, 0.2) is 53.4 Å². The lowest BCUT2D eigenvalue weighted by Crippen LogP contribution is -2.39. The maximum absolute atomic E-state index is 13.6. The second-order valence-electron chi connectivity index (χ2n) is 6.38. The maximum atomic E-state index is 13.6. The van der Waals surface area contributed by atoms with Crippen molar-refractivity contribution < 1.29 is 27.5 Å². The third-order valence-electron chi connectivity index (χ3n) is 4.71. The number of rotatable bonds is 8. The van der Waals surface area contributed by atoms with E-state index < -0.39 is 34.5 Å². The van der Waals surface area contributed by atoms with Gasteiger partial charge in [-0.25, -0.2) is 13.2 Å². The van der Waals surface area contributed by atoms with Crippen molar-refractivity contribution in [3.8, 4) is 0 Å². The number of nitrogens with zero attached hydrogens (tertiary/aromatic N) is 1. The molecule has 0 unspecified atom stereocenters. The van der Waals surface area contributed by atoms with E-state index in [4.69, 9.17) is 9.47 Å². The molecule has 29 heavy (non-hydrogen) atoms. The van der Waals surface area contributed by atoms with Crippen LogP contribution in [0, 0.1) is 6.92 Å². The van der Waals surface area contributed by atoms with Crippen LogP contribution in [-0.4, -0.2) is 45.4 Å². The van der Waals surface area contributed by atoms with Gasteiger partial charge in [-0.2, -0.15) is 4.31 Å². The molecule has 0 aliphatic heterocycles. The average Bonchev–Trinajstić information content (AvgIpc) is 2.73. The summed E-state index contributed by atoms with van der Waals surface area (Å²) in [7, 11) is -1.70. The van der Waals surface area contributed by atoms with Crippen LogP contribution in [0.5, 0.6) is 0 Å². The molecular formula is C21H25NO6S. The second-order valence-corrected chi connectivity index (χ2v) is 8.24. The standard InChI is InChI=1S/C21H25NO6S/c1-5-18(16-10-7-6-8-11-16)22(14-20(23)27-3)29(25,26)19-13-9-12-17(15(19)2)21(24)28-4/h6-13,18H,5,14H2,1-4H3/t18-/m1/s1. The van der Waals surface area contributed by atoms with Gasteiger partial charge in [0.05, 0.1) is 30.7 Å². The molecule has 0 aromatic heterocycles. The molecule has 8 heteroatoms. The number of methoxy groups -OCH3 is 2. The van der Waals surface area contributed by atoms with Crippen LogP contribution in [0.3, 0.4) is 0 Å². The van der Waals surface area contributed by atoms with E-state index in [-0.39, 0.29) is 16.0 Å². The monoisotopic (exact) mass is 419 g/mol. The fraction of sp³-hybridized carbons (Fsp3) is 0.333. The van der Waals surface area contributed by atoms with Crippen molar-refractivity contribution in [1.29, 1.82) is 0 Å². The van der Waals surface area contributed by atoms with Gasteiger partial charge in [-0.15, -0.1) is 0 Å². The van der Waals surface area contributed by atoms with Crippen molar-refractivity contribution in [3.05, 3.63) is 65.2 Å². The van der Waals surface area contributed by atoms with Crippen molar-refractivity contribution in [3.63, 3.8) is 0 Å². The van der Waals surface area contributed by atoms with Gasteiger partial charge in [-0.1, -0.05) is 43.3 Å². The van der Waals surface area contributed by atoms with Gasteiger partial charge >= 0.3 is 11.9 Å². The Labute approximate surface area is 171 Å². The number of hydrogen-bond acceptors (Lipinski definition) is 6. The highest BCUT2D eigenvalue weighted by molar-refractivity contribution is 7.89. The Kier molecular flexibility index (Phi) is 7.53. The van der Waals surface area contributed by atoms with Gasteiger partial charge in [0.2, 0.25) is 10.0 Å². The fourth-order valence-corrected chi connectivity index (χ4v) is 5.07. The fourth-order valence-electron chi connectivity index (χ4n) is 3.19. The van der Waals surface area contributed by atoms with E-state index in [2.05, 4.69) is 0 Å². The molecule has 0 aliphatic rings. The molecule has 0 fully saturated rings. The molecule has 0 N–H and O–H groups in total. The van der Waals surface area contributed by atoms with Gasteiger partial charge in [-0.05, 0) is 36.6 Å². The first-order chi connectivity index (χ1) is 13.8. The number of benzene rings is 2. The van der Waals surface area contributed by atoms with E-state index in [1.165, 1.54) is 32.4 Å². The molecule has 0 saturated carbocycles. The predicted molar refractivity (Wildman–Crippen MR) is 108 cm³/mol. The van der Waals surface area contributed by atoms with Crippen molar-refractivity contribution in [1.82, 2.24) is 4.31 Å². The second kappa shape index (κ2) is 9.67. The Hall–Kier alpha value is -2.71. The topological polar surface area (TPSA) is 90.0 Å². The lowest BCUT2D eigenvalue weighted by atomic mass is 10.0. The van der Waals surface area contributed by atoms with Gasteiger partial charge in [0.25, 0.3) is 0 Å². The summed E-state index contributed by atoms with van der Waals surface area (Å²) in [5.74, 6) is -1.31. The number of carbonyl (C=O) groups is 2. The molecule has 0 aliphatic carbocycles. The van der Waals surface area contributed by atoms with Crippen LogP contribution in [0.4, 0.5) is 0 Å². The first kappa shape index (κ1) is 22.6. The Bertz CT molecular complexity index is 972. The van der Waals surface area contributed by atoms with Crippen LogP contribution < -0.4 is 0 Å². The summed E-state index contributed by atoms with van der Waals surface area (Å²) in [6, 6.07) is 12.9. The smallest absolute Gasteiger partial charge is 0.338 e. The SMILES string of the molecule is CC[C@H](c1ccccc1)N(CC(=O)OC)S(=O)(=O)c1cccc(C(=O)OC)c1C. The molecule has 0 amide bonds. The highest BCUT2D eigenvalue weighted by Crippen LogP contribution is 2.32. The summed E-state index contributed by atoms with van der Waals surface area (Å²) in [6.45, 7) is 2.93. The molecule has 0 saturated heterocycles. The highest BCUT2D eigenvalue weighted by Gasteiger charge is 2.35. The number of carbonyl (C=O) groups excluding carboxylic acids is 2. The molecule has 7 nitrogen and oxygen atoms in total. The van der Waals surface area contributed by atoms with Crippen molar-refractivity contribution in [2.45, 2.75) is 31.2 Å². The Morgan fingerprint density at radius 3 is 2.21 bits per heavy atom. The predicted octanol–water partition coefficient (Wildman–Crippen LogP) is 3.10. The Morgan fingerprint density at radius 2 is 1.66 bits per heavy atom. The van der Waals surface area contributed by atoms with Crippen LogP contribution in [0.1, 0.15) is 40.9 Å². The lowest BCUT2D eigenvalue weighted by Gasteiger charge is -2.30. The number of esters is 2. The average molecular weight is 419 g/mol. The molecular weight excluding hydrogens is 394 g/mol. The van der Waals surface area contributed by atoms with Crippen LogP contribution in [-0.2, 0) is 24.3 Å². The summed E-state index contributed by atoms with van der Waals surface area (Å²) >= 11 is 0. The maximum Gasteiger partial charge on any atom is 0.338 e. The first-order valence-corrected chi connectivity index (χ1v) is 10.5. The molecule has 1 atom stereocenters. The van der Waals surface area contributed by atoms with Gasteiger partial charge in [0, 0.05) is 0 Å². The zero-order valence-electron chi connectivity index (χ0n) is 16.9. The van der Waals surface area contributed by atoms with Crippen molar-refractivity contribution >= 4 is 22.0 Å².